The number of carbonyl (C=O) groups is 1. The average Bonchev–Trinajstić information content (AvgIpc) is 3.38. The molecule has 2 aromatic carbocycles. The Bertz CT molecular complexity index is 1050. The molecule has 7 heteroatoms. The Hall–Kier alpha value is -3.35. The number of amides is 1. The van der Waals surface area contributed by atoms with Crippen LogP contribution in [0.1, 0.15) is 29.3 Å². The number of methoxy groups -OCH3 is 2. The van der Waals surface area contributed by atoms with Crippen LogP contribution in [0.2, 0.25) is 0 Å². The standard InChI is InChI=1S/C23H25N3O4/c1-15-5-4-6-16(11-15)9-10-26-14-17(12-21(26)27)22-24-23(30-25-22)19-8-7-18(28-2)13-20(19)29-3/h4-8,11,13,17H,9-10,12,14H2,1-3H3. The quantitative estimate of drug-likeness (QED) is 0.595. The fourth-order valence-electron chi connectivity index (χ4n) is 3.78. The van der Waals surface area contributed by atoms with Crippen molar-refractivity contribution in [3.63, 3.8) is 0 Å². The van der Waals surface area contributed by atoms with Gasteiger partial charge in [0, 0.05) is 31.5 Å². The maximum Gasteiger partial charge on any atom is 0.261 e. The summed E-state index contributed by atoms with van der Waals surface area (Å²) in [6.45, 7) is 3.37. The predicted octanol–water partition coefficient (Wildman–Crippen LogP) is 3.62. The van der Waals surface area contributed by atoms with Crippen LogP contribution in [0.3, 0.4) is 0 Å². The Morgan fingerprint density at radius 1 is 1.17 bits per heavy atom. The Morgan fingerprint density at radius 3 is 2.80 bits per heavy atom. The van der Waals surface area contributed by atoms with Crippen LogP contribution >= 0.6 is 0 Å². The van der Waals surface area contributed by atoms with E-state index in [1.54, 1.807) is 20.3 Å². The first-order valence-corrected chi connectivity index (χ1v) is 9.96. The molecule has 30 heavy (non-hydrogen) atoms. The van der Waals surface area contributed by atoms with Crippen LogP contribution in [-0.4, -0.2) is 48.3 Å². The lowest BCUT2D eigenvalue weighted by atomic mass is 10.1. The van der Waals surface area contributed by atoms with Gasteiger partial charge in [0.25, 0.3) is 5.89 Å². The van der Waals surface area contributed by atoms with E-state index in [1.807, 2.05) is 23.1 Å². The summed E-state index contributed by atoms with van der Waals surface area (Å²) >= 11 is 0. The number of hydrogen-bond acceptors (Lipinski definition) is 6. The largest absolute Gasteiger partial charge is 0.497 e. The lowest BCUT2D eigenvalue weighted by Crippen LogP contribution is -2.27. The fourth-order valence-corrected chi connectivity index (χ4v) is 3.78. The van der Waals surface area contributed by atoms with Gasteiger partial charge in [-0.15, -0.1) is 0 Å². The Balaban J connectivity index is 1.45. The van der Waals surface area contributed by atoms with Crippen LogP contribution in [-0.2, 0) is 11.2 Å². The third kappa shape index (κ3) is 4.15. The van der Waals surface area contributed by atoms with E-state index < -0.39 is 0 Å². The number of hydrogen-bond donors (Lipinski definition) is 0. The van der Waals surface area contributed by atoms with Crippen LogP contribution in [0.5, 0.6) is 11.5 Å². The van der Waals surface area contributed by atoms with Crippen LogP contribution in [0, 0.1) is 6.92 Å². The molecule has 1 aliphatic rings. The summed E-state index contributed by atoms with van der Waals surface area (Å²) in [7, 11) is 3.18. The Morgan fingerprint density at radius 2 is 2.03 bits per heavy atom. The van der Waals surface area contributed by atoms with Gasteiger partial charge in [-0.3, -0.25) is 4.79 Å². The van der Waals surface area contributed by atoms with Gasteiger partial charge in [0.2, 0.25) is 5.91 Å². The summed E-state index contributed by atoms with van der Waals surface area (Å²) in [5, 5.41) is 4.14. The highest BCUT2D eigenvalue weighted by Gasteiger charge is 2.33. The number of nitrogens with zero attached hydrogens (tertiary/aromatic N) is 3. The van der Waals surface area contributed by atoms with Crippen molar-refractivity contribution in [2.75, 3.05) is 27.3 Å². The van der Waals surface area contributed by atoms with E-state index in [-0.39, 0.29) is 11.8 Å². The molecule has 0 spiro atoms. The maximum atomic E-state index is 12.5. The molecule has 3 aromatic rings. The first-order valence-electron chi connectivity index (χ1n) is 9.96. The number of benzene rings is 2. The molecule has 1 aromatic heterocycles. The van der Waals surface area contributed by atoms with Crippen molar-refractivity contribution < 1.29 is 18.8 Å². The average molecular weight is 407 g/mol. The van der Waals surface area contributed by atoms with E-state index in [1.165, 1.54) is 11.1 Å². The van der Waals surface area contributed by atoms with Gasteiger partial charge in [0.15, 0.2) is 5.82 Å². The predicted molar refractivity (Wildman–Crippen MR) is 112 cm³/mol. The van der Waals surface area contributed by atoms with Crippen molar-refractivity contribution in [1.29, 1.82) is 0 Å². The highest BCUT2D eigenvalue weighted by atomic mass is 16.5. The monoisotopic (exact) mass is 407 g/mol. The summed E-state index contributed by atoms with van der Waals surface area (Å²) in [5.41, 5.74) is 3.16. The molecule has 1 saturated heterocycles. The number of aryl methyl sites for hydroxylation is 1. The molecule has 1 aliphatic heterocycles. The molecule has 1 atom stereocenters. The SMILES string of the molecule is COc1ccc(-c2nc(C3CC(=O)N(CCc4cccc(C)c4)C3)no2)c(OC)c1. The number of likely N-dealkylation sites (tertiary alicyclic amines) is 1. The summed E-state index contributed by atoms with van der Waals surface area (Å²) in [4.78, 5) is 18.9. The maximum absolute atomic E-state index is 12.5. The van der Waals surface area contributed by atoms with E-state index in [2.05, 4.69) is 35.3 Å². The van der Waals surface area contributed by atoms with Gasteiger partial charge < -0.3 is 18.9 Å². The zero-order valence-corrected chi connectivity index (χ0v) is 17.4. The topological polar surface area (TPSA) is 77.7 Å². The molecule has 7 nitrogen and oxygen atoms in total. The molecule has 1 unspecified atom stereocenters. The molecular formula is C23H25N3O4. The van der Waals surface area contributed by atoms with Crippen molar-refractivity contribution in [2.24, 2.45) is 0 Å². The van der Waals surface area contributed by atoms with E-state index in [4.69, 9.17) is 14.0 Å². The first-order chi connectivity index (χ1) is 14.6. The minimum Gasteiger partial charge on any atom is -0.497 e. The molecule has 2 heterocycles. The van der Waals surface area contributed by atoms with Crippen molar-refractivity contribution in [3.8, 4) is 23.0 Å². The van der Waals surface area contributed by atoms with E-state index in [0.717, 1.165) is 6.42 Å². The summed E-state index contributed by atoms with van der Waals surface area (Å²) in [5.74, 6) is 2.25. The molecule has 1 amide bonds. The van der Waals surface area contributed by atoms with Crippen molar-refractivity contribution in [2.45, 2.75) is 25.7 Å². The van der Waals surface area contributed by atoms with E-state index >= 15 is 0 Å². The first kappa shape index (κ1) is 19.9. The summed E-state index contributed by atoms with van der Waals surface area (Å²) in [6.07, 6.45) is 1.23. The van der Waals surface area contributed by atoms with Crippen molar-refractivity contribution in [3.05, 3.63) is 59.4 Å². The highest BCUT2D eigenvalue weighted by Crippen LogP contribution is 2.34. The lowest BCUT2D eigenvalue weighted by molar-refractivity contribution is -0.127. The van der Waals surface area contributed by atoms with Gasteiger partial charge in [0.05, 0.1) is 19.8 Å². The molecule has 4 rings (SSSR count). The van der Waals surface area contributed by atoms with Gasteiger partial charge in [0.1, 0.15) is 11.5 Å². The van der Waals surface area contributed by atoms with Gasteiger partial charge in [-0.1, -0.05) is 35.0 Å². The molecular weight excluding hydrogens is 382 g/mol. The zero-order chi connectivity index (χ0) is 21.1. The fraction of sp³-hybridized carbons (Fsp3) is 0.348. The van der Waals surface area contributed by atoms with Gasteiger partial charge in [-0.2, -0.15) is 4.98 Å². The molecule has 1 fully saturated rings. The number of carbonyl (C=O) groups excluding carboxylic acids is 1. The highest BCUT2D eigenvalue weighted by molar-refractivity contribution is 5.79. The zero-order valence-electron chi connectivity index (χ0n) is 17.4. The van der Waals surface area contributed by atoms with Crippen molar-refractivity contribution in [1.82, 2.24) is 15.0 Å². The third-order valence-corrected chi connectivity index (χ3v) is 5.41. The lowest BCUT2D eigenvalue weighted by Gasteiger charge is -2.16. The minimum absolute atomic E-state index is 0.0725. The smallest absolute Gasteiger partial charge is 0.261 e. The number of aromatic nitrogens is 2. The van der Waals surface area contributed by atoms with Crippen molar-refractivity contribution >= 4 is 5.91 Å². The van der Waals surface area contributed by atoms with Gasteiger partial charge in [-0.25, -0.2) is 0 Å². The van der Waals surface area contributed by atoms with Crippen LogP contribution in [0.15, 0.2) is 47.0 Å². The van der Waals surface area contributed by atoms with E-state index in [9.17, 15) is 4.79 Å². The molecule has 0 radical (unpaired) electrons. The van der Waals surface area contributed by atoms with Crippen LogP contribution < -0.4 is 9.47 Å². The van der Waals surface area contributed by atoms with Gasteiger partial charge in [-0.05, 0) is 31.0 Å². The minimum atomic E-state index is -0.0725. The molecule has 0 bridgehead atoms. The second kappa shape index (κ2) is 8.57. The molecule has 0 saturated carbocycles. The normalized spacial score (nSPS) is 16.2. The molecule has 156 valence electrons. The number of ether oxygens (including phenoxy) is 2. The molecule has 0 N–H and O–H groups in total. The van der Waals surface area contributed by atoms with E-state index in [0.29, 0.717) is 48.3 Å². The second-order valence-electron chi connectivity index (χ2n) is 7.50. The summed E-state index contributed by atoms with van der Waals surface area (Å²) in [6, 6.07) is 13.8. The van der Waals surface area contributed by atoms with Gasteiger partial charge >= 0.3 is 0 Å². The third-order valence-electron chi connectivity index (χ3n) is 5.41. The Kier molecular flexibility index (Phi) is 5.70. The van der Waals surface area contributed by atoms with Crippen LogP contribution in [0.25, 0.3) is 11.5 Å². The number of rotatable bonds is 7. The van der Waals surface area contributed by atoms with Crippen LogP contribution in [0.4, 0.5) is 0 Å². The Labute approximate surface area is 175 Å². The molecule has 0 aliphatic carbocycles. The second-order valence-corrected chi connectivity index (χ2v) is 7.50. The summed E-state index contributed by atoms with van der Waals surface area (Å²) < 4.78 is 16.1.